The van der Waals surface area contributed by atoms with Crippen molar-refractivity contribution in [2.45, 2.75) is 40.2 Å². The maximum absolute atomic E-state index is 5.92. The van der Waals surface area contributed by atoms with Crippen molar-refractivity contribution >= 4 is 5.96 Å². The Balaban J connectivity index is 3.02. The molecule has 0 aromatic rings. The molecule has 0 atom stereocenters. The summed E-state index contributed by atoms with van der Waals surface area (Å²) in [5.41, 5.74) is 6.05. The van der Waals surface area contributed by atoms with E-state index in [4.69, 9.17) is 5.73 Å². The van der Waals surface area contributed by atoms with Crippen molar-refractivity contribution in [2.75, 3.05) is 13.1 Å². The Kier molecular flexibility index (Phi) is 3.07. The minimum atomic E-state index is 0.138. The second-order valence-corrected chi connectivity index (χ2v) is 4.72. The highest BCUT2D eigenvalue weighted by atomic mass is 15.4. The summed E-state index contributed by atoms with van der Waals surface area (Å²) in [4.78, 5) is 6.67. The predicted octanol–water partition coefficient (Wildman–Crippen LogP) is 1.69. The van der Waals surface area contributed by atoms with E-state index in [1.54, 1.807) is 0 Å². The molecule has 3 nitrogen and oxygen atoms in total. The van der Waals surface area contributed by atoms with Gasteiger partial charge in [0.05, 0.1) is 12.1 Å². The molecule has 0 aromatic carbocycles. The molecule has 0 aliphatic carbocycles. The van der Waals surface area contributed by atoms with Gasteiger partial charge in [0.1, 0.15) is 0 Å². The minimum Gasteiger partial charge on any atom is -0.370 e. The monoisotopic (exact) mass is 197 g/mol. The Morgan fingerprint density at radius 3 is 2.14 bits per heavy atom. The number of hydrogen-bond acceptors (Lipinski definition) is 3. The van der Waals surface area contributed by atoms with Gasteiger partial charge in [-0.2, -0.15) is 0 Å². The van der Waals surface area contributed by atoms with Crippen LogP contribution in [0.2, 0.25) is 0 Å². The quantitative estimate of drug-likeness (QED) is 0.748. The molecule has 0 amide bonds. The van der Waals surface area contributed by atoms with Crippen molar-refractivity contribution in [2.24, 2.45) is 22.6 Å². The summed E-state index contributed by atoms with van der Waals surface area (Å²) in [7, 11) is 0. The lowest BCUT2D eigenvalue weighted by molar-refractivity contribution is 0.0884. The van der Waals surface area contributed by atoms with Crippen LogP contribution >= 0.6 is 0 Å². The van der Waals surface area contributed by atoms with Gasteiger partial charge in [-0.05, 0) is 18.8 Å². The van der Waals surface area contributed by atoms with E-state index in [1.165, 1.54) is 0 Å². The van der Waals surface area contributed by atoms with E-state index >= 15 is 0 Å². The van der Waals surface area contributed by atoms with Crippen molar-refractivity contribution in [3.63, 3.8) is 0 Å². The van der Waals surface area contributed by atoms with Crippen molar-refractivity contribution in [3.05, 3.63) is 0 Å². The zero-order valence-corrected chi connectivity index (χ0v) is 10.0. The Bertz CT molecular complexity index is 223. The first-order valence-corrected chi connectivity index (χ1v) is 5.54. The smallest absolute Gasteiger partial charge is 0.191 e. The highest BCUT2D eigenvalue weighted by Gasteiger charge is 2.46. The van der Waals surface area contributed by atoms with Crippen LogP contribution in [0.3, 0.4) is 0 Å². The van der Waals surface area contributed by atoms with Crippen molar-refractivity contribution in [3.8, 4) is 0 Å². The predicted molar refractivity (Wildman–Crippen MR) is 61.3 cm³/mol. The average Bonchev–Trinajstić information content (AvgIpc) is 2.43. The number of hydrogen-bond donors (Lipinski definition) is 1. The third-order valence-electron chi connectivity index (χ3n) is 3.59. The van der Waals surface area contributed by atoms with Gasteiger partial charge in [0.25, 0.3) is 0 Å². The molecule has 0 aromatic heterocycles. The van der Waals surface area contributed by atoms with Crippen LogP contribution in [0, 0.1) is 11.8 Å². The van der Waals surface area contributed by atoms with E-state index in [0.717, 1.165) is 19.0 Å². The minimum absolute atomic E-state index is 0.138. The van der Waals surface area contributed by atoms with Gasteiger partial charge < -0.3 is 10.6 Å². The van der Waals surface area contributed by atoms with Gasteiger partial charge >= 0.3 is 0 Å². The first kappa shape index (κ1) is 11.3. The van der Waals surface area contributed by atoms with Crippen molar-refractivity contribution < 1.29 is 0 Å². The van der Waals surface area contributed by atoms with E-state index < -0.39 is 0 Å². The molecule has 0 spiro atoms. The summed E-state index contributed by atoms with van der Waals surface area (Å²) in [6.07, 6.45) is 0. The van der Waals surface area contributed by atoms with Gasteiger partial charge in [-0.3, -0.25) is 4.99 Å². The van der Waals surface area contributed by atoms with Gasteiger partial charge in [-0.25, -0.2) is 0 Å². The van der Waals surface area contributed by atoms with Gasteiger partial charge in [0.2, 0.25) is 0 Å². The Hall–Kier alpha value is -0.730. The van der Waals surface area contributed by atoms with Crippen LogP contribution in [0.4, 0.5) is 0 Å². The summed E-state index contributed by atoms with van der Waals surface area (Å²) in [5.74, 6) is 1.87. The van der Waals surface area contributed by atoms with Gasteiger partial charge in [-0.15, -0.1) is 0 Å². The molecule has 0 saturated carbocycles. The summed E-state index contributed by atoms with van der Waals surface area (Å²) in [6, 6.07) is 0. The largest absolute Gasteiger partial charge is 0.370 e. The Morgan fingerprint density at radius 2 is 1.86 bits per heavy atom. The maximum atomic E-state index is 5.92. The zero-order chi connectivity index (χ0) is 10.9. The number of likely N-dealkylation sites (N-methyl/N-ethyl adjacent to an activating group) is 1. The summed E-state index contributed by atoms with van der Waals surface area (Å²) < 4.78 is 0. The van der Waals surface area contributed by atoms with E-state index in [9.17, 15) is 0 Å². The molecule has 1 rings (SSSR count). The highest BCUT2D eigenvalue weighted by molar-refractivity contribution is 5.81. The number of guanidine groups is 1. The van der Waals surface area contributed by atoms with Crippen LogP contribution in [0.5, 0.6) is 0 Å². The van der Waals surface area contributed by atoms with Crippen LogP contribution < -0.4 is 5.73 Å². The van der Waals surface area contributed by atoms with Crippen LogP contribution in [-0.2, 0) is 0 Å². The van der Waals surface area contributed by atoms with E-state index in [-0.39, 0.29) is 5.54 Å². The van der Waals surface area contributed by atoms with Crippen molar-refractivity contribution in [1.29, 1.82) is 0 Å². The fraction of sp³-hybridized carbons (Fsp3) is 0.909. The molecule has 14 heavy (non-hydrogen) atoms. The maximum Gasteiger partial charge on any atom is 0.191 e. The number of aliphatic imine (C=N–C) groups is 1. The van der Waals surface area contributed by atoms with Gasteiger partial charge in [0, 0.05) is 6.54 Å². The Labute approximate surface area is 87.4 Å². The van der Waals surface area contributed by atoms with Gasteiger partial charge in [0.15, 0.2) is 5.96 Å². The van der Waals surface area contributed by atoms with E-state index in [1.807, 2.05) is 0 Å². The fourth-order valence-corrected chi connectivity index (χ4v) is 2.70. The Morgan fingerprint density at radius 1 is 1.36 bits per heavy atom. The van der Waals surface area contributed by atoms with Crippen molar-refractivity contribution in [1.82, 2.24) is 4.90 Å². The van der Waals surface area contributed by atoms with E-state index in [2.05, 4.69) is 44.5 Å². The number of rotatable bonds is 3. The molecule has 0 unspecified atom stereocenters. The highest BCUT2D eigenvalue weighted by Crippen LogP contribution is 2.36. The second kappa shape index (κ2) is 3.79. The third-order valence-corrected chi connectivity index (χ3v) is 3.59. The molecule has 1 aliphatic rings. The topological polar surface area (TPSA) is 41.6 Å². The lowest BCUT2D eigenvalue weighted by Crippen LogP contribution is -2.58. The molecule has 82 valence electrons. The first-order valence-electron chi connectivity index (χ1n) is 5.54. The second-order valence-electron chi connectivity index (χ2n) is 4.72. The molecule has 2 N–H and O–H groups in total. The number of nitrogens with zero attached hydrogens (tertiary/aromatic N) is 2. The van der Waals surface area contributed by atoms with Gasteiger partial charge in [-0.1, -0.05) is 27.7 Å². The molecular weight excluding hydrogens is 174 g/mol. The van der Waals surface area contributed by atoms with Crippen LogP contribution in [0.15, 0.2) is 4.99 Å². The average molecular weight is 197 g/mol. The van der Waals surface area contributed by atoms with Crippen LogP contribution in [0.25, 0.3) is 0 Å². The van der Waals surface area contributed by atoms with Crippen LogP contribution in [-0.4, -0.2) is 29.5 Å². The summed E-state index contributed by atoms with van der Waals surface area (Å²) >= 11 is 0. The fourth-order valence-electron chi connectivity index (χ4n) is 2.70. The molecule has 3 heteroatoms. The normalized spacial score (nSPS) is 20.8. The third kappa shape index (κ3) is 1.39. The summed E-state index contributed by atoms with van der Waals surface area (Å²) in [5, 5.41) is 0. The van der Waals surface area contributed by atoms with E-state index in [0.29, 0.717) is 11.8 Å². The molecule has 0 bridgehead atoms. The molecule has 1 aliphatic heterocycles. The molecule has 0 saturated heterocycles. The first-order chi connectivity index (χ1) is 6.46. The SMILES string of the molecule is CCN1C(N)=NCC1(C(C)C)C(C)C. The number of nitrogens with two attached hydrogens (primary N) is 1. The standard InChI is InChI=1S/C11H23N3/c1-6-14-10(12)13-7-11(14,8(2)3)9(4)5/h8-9H,6-7H2,1-5H3,(H2,12,13). The zero-order valence-electron chi connectivity index (χ0n) is 10.0. The van der Waals surface area contributed by atoms with Crippen LogP contribution in [0.1, 0.15) is 34.6 Å². The molecule has 0 fully saturated rings. The molecule has 0 radical (unpaired) electrons. The molecular formula is C11H23N3. The lowest BCUT2D eigenvalue weighted by Gasteiger charge is -2.45. The summed E-state index contributed by atoms with van der Waals surface area (Å²) in [6.45, 7) is 13.0. The molecule has 1 heterocycles. The lowest BCUT2D eigenvalue weighted by atomic mass is 9.76.